The van der Waals surface area contributed by atoms with Gasteiger partial charge in [0.25, 0.3) is 0 Å². The summed E-state index contributed by atoms with van der Waals surface area (Å²) in [4.78, 5) is 15.9. The zero-order valence-corrected chi connectivity index (χ0v) is 24.1. The maximum atomic E-state index is 13.5. The topological polar surface area (TPSA) is 50.2 Å². The molecule has 0 aliphatic carbocycles. The second-order valence-electron chi connectivity index (χ2n) is 9.65. The SMILES string of the molecule is CC(C)CC(=O)/C=C(\O)CC(C)C.Fc1[c-]c(-c2cc(-c3ccccc3)c3ccccc3n2)ccc1.[Ir]. The van der Waals surface area contributed by atoms with Crippen molar-refractivity contribution in [3.05, 3.63) is 103 Å². The number of halogens is 1. The molecule has 1 N–H and O–H groups in total. The molecule has 0 saturated carbocycles. The fourth-order valence-corrected chi connectivity index (χ4v) is 3.88. The van der Waals surface area contributed by atoms with Crippen molar-refractivity contribution >= 4 is 16.7 Å². The second kappa shape index (κ2) is 14.6. The first-order chi connectivity index (χ1) is 17.2. The van der Waals surface area contributed by atoms with Gasteiger partial charge in [0, 0.05) is 50.2 Å². The predicted octanol–water partition coefficient (Wildman–Crippen LogP) is 8.60. The van der Waals surface area contributed by atoms with Gasteiger partial charge in [-0.05, 0) is 34.7 Å². The van der Waals surface area contributed by atoms with E-state index in [0.29, 0.717) is 30.2 Å². The molecule has 37 heavy (non-hydrogen) atoms. The van der Waals surface area contributed by atoms with Gasteiger partial charge in [-0.2, -0.15) is 0 Å². The second-order valence-corrected chi connectivity index (χ2v) is 9.65. The molecule has 3 nitrogen and oxygen atoms in total. The Hall–Kier alpha value is -3.14. The van der Waals surface area contributed by atoms with Crippen LogP contribution >= 0.6 is 0 Å². The number of fused-ring (bicyclic) bond motifs is 1. The summed E-state index contributed by atoms with van der Waals surface area (Å²) in [6.07, 6.45) is 2.46. The van der Waals surface area contributed by atoms with E-state index in [1.165, 1.54) is 12.1 Å². The molecule has 1 heterocycles. The molecule has 0 amide bonds. The van der Waals surface area contributed by atoms with Crippen LogP contribution in [0.25, 0.3) is 33.3 Å². The molecule has 4 rings (SSSR count). The Morgan fingerprint density at radius 2 is 1.57 bits per heavy atom. The van der Waals surface area contributed by atoms with Gasteiger partial charge in [-0.3, -0.25) is 9.78 Å². The van der Waals surface area contributed by atoms with Crippen LogP contribution < -0.4 is 0 Å². The molecule has 0 spiro atoms. The van der Waals surface area contributed by atoms with Gasteiger partial charge >= 0.3 is 0 Å². The van der Waals surface area contributed by atoms with Crippen LogP contribution in [0.4, 0.5) is 4.39 Å². The first kappa shape index (κ1) is 30.1. The van der Waals surface area contributed by atoms with Crippen molar-refractivity contribution in [2.75, 3.05) is 0 Å². The molecule has 0 fully saturated rings. The molecule has 0 aliphatic rings. The smallest absolute Gasteiger partial charge is 0.159 e. The Kier molecular flexibility index (Phi) is 11.8. The van der Waals surface area contributed by atoms with E-state index < -0.39 is 0 Å². The third-order valence-corrected chi connectivity index (χ3v) is 5.39. The van der Waals surface area contributed by atoms with Gasteiger partial charge < -0.3 is 5.11 Å². The molecule has 4 aromatic rings. The monoisotopic (exact) mass is 675 g/mol. The van der Waals surface area contributed by atoms with E-state index in [0.717, 1.165) is 27.7 Å². The van der Waals surface area contributed by atoms with Gasteiger partial charge in [-0.25, -0.2) is 4.39 Å². The number of rotatable bonds is 7. The third-order valence-electron chi connectivity index (χ3n) is 5.39. The predicted molar refractivity (Wildman–Crippen MR) is 146 cm³/mol. The molecular formula is C32H33FIrNO2-. The Bertz CT molecular complexity index is 1330. The van der Waals surface area contributed by atoms with Crippen LogP contribution in [0, 0.1) is 23.7 Å². The summed E-state index contributed by atoms with van der Waals surface area (Å²) in [5.41, 5.74) is 4.48. The van der Waals surface area contributed by atoms with E-state index in [1.807, 2.05) is 76.2 Å². The van der Waals surface area contributed by atoms with Gasteiger partial charge in [-0.1, -0.05) is 82.3 Å². The molecule has 5 heteroatoms. The van der Waals surface area contributed by atoms with Crippen LogP contribution in [0.1, 0.15) is 40.5 Å². The summed E-state index contributed by atoms with van der Waals surface area (Å²) in [5, 5.41) is 10.4. The summed E-state index contributed by atoms with van der Waals surface area (Å²) >= 11 is 0. The van der Waals surface area contributed by atoms with Gasteiger partial charge in [-0.15, -0.1) is 29.8 Å². The molecule has 195 valence electrons. The Morgan fingerprint density at radius 1 is 0.919 bits per heavy atom. The maximum absolute atomic E-state index is 13.5. The minimum absolute atomic E-state index is 0. The number of allylic oxidation sites excluding steroid dienone is 2. The standard InChI is InChI=1S/C21H13FN.C11H20O2.Ir/c22-17-10-6-9-16(13-17)21-14-19(15-7-2-1-3-8-15)18-11-4-5-12-20(18)23-21;1-8(2)5-10(12)7-11(13)6-9(3)4;/h1-12,14H;7-9,12H,5-6H2,1-4H3;/q-1;;/b;10-7-;. The average Bonchev–Trinajstić information content (AvgIpc) is 2.83. The van der Waals surface area contributed by atoms with Gasteiger partial charge in [0.05, 0.1) is 11.3 Å². The van der Waals surface area contributed by atoms with Crippen LogP contribution in [0.15, 0.2) is 90.7 Å². The number of aromatic nitrogens is 1. The van der Waals surface area contributed by atoms with E-state index in [1.54, 1.807) is 6.07 Å². The van der Waals surface area contributed by atoms with Crippen molar-refractivity contribution in [2.24, 2.45) is 11.8 Å². The number of benzene rings is 3. The number of para-hydroxylation sites is 1. The number of nitrogens with zero attached hydrogens (tertiary/aromatic N) is 1. The minimum atomic E-state index is -0.376. The van der Waals surface area contributed by atoms with Crippen LogP contribution in [0.5, 0.6) is 0 Å². The van der Waals surface area contributed by atoms with E-state index in [-0.39, 0.29) is 37.5 Å². The van der Waals surface area contributed by atoms with Crippen molar-refractivity contribution < 1.29 is 34.4 Å². The maximum Gasteiger partial charge on any atom is 0.159 e. The minimum Gasteiger partial charge on any atom is -0.512 e. The summed E-state index contributed by atoms with van der Waals surface area (Å²) < 4.78 is 13.5. The van der Waals surface area contributed by atoms with E-state index in [4.69, 9.17) is 0 Å². The molecule has 1 radical (unpaired) electrons. The summed E-state index contributed by atoms with van der Waals surface area (Å²) in [6.45, 7) is 8.00. The van der Waals surface area contributed by atoms with Crippen LogP contribution in [0.3, 0.4) is 0 Å². The molecule has 3 aromatic carbocycles. The zero-order chi connectivity index (χ0) is 26.1. The summed E-state index contributed by atoms with van der Waals surface area (Å²) in [6, 6.07) is 27.8. The van der Waals surface area contributed by atoms with Crippen molar-refractivity contribution in [1.29, 1.82) is 0 Å². The molecule has 0 aliphatic heterocycles. The number of pyridine rings is 1. The van der Waals surface area contributed by atoms with Crippen LogP contribution in [0.2, 0.25) is 0 Å². The molecule has 1 aromatic heterocycles. The number of hydrogen-bond acceptors (Lipinski definition) is 3. The van der Waals surface area contributed by atoms with Crippen molar-refractivity contribution in [1.82, 2.24) is 4.98 Å². The van der Waals surface area contributed by atoms with Gasteiger partial charge in [0.15, 0.2) is 5.78 Å². The first-order valence-corrected chi connectivity index (χ1v) is 12.3. The van der Waals surface area contributed by atoms with Crippen LogP contribution in [-0.4, -0.2) is 15.9 Å². The number of aliphatic hydroxyl groups is 1. The van der Waals surface area contributed by atoms with E-state index >= 15 is 0 Å². The van der Waals surface area contributed by atoms with Gasteiger partial charge in [0.2, 0.25) is 0 Å². The normalized spacial score (nSPS) is 11.2. The Balaban J connectivity index is 0.000000299. The molecule has 0 bridgehead atoms. The number of carbonyl (C=O) groups is 1. The molecule has 0 atom stereocenters. The molecule has 0 saturated heterocycles. The zero-order valence-electron chi connectivity index (χ0n) is 21.7. The van der Waals surface area contributed by atoms with Gasteiger partial charge in [0.1, 0.15) is 0 Å². The Labute approximate surface area is 232 Å². The number of carbonyl (C=O) groups excluding carboxylic acids is 1. The molecular weight excluding hydrogens is 642 g/mol. The van der Waals surface area contributed by atoms with Crippen molar-refractivity contribution in [3.63, 3.8) is 0 Å². The fourth-order valence-electron chi connectivity index (χ4n) is 3.88. The third kappa shape index (κ3) is 9.35. The van der Waals surface area contributed by atoms with Crippen LogP contribution in [-0.2, 0) is 24.9 Å². The average molecular weight is 675 g/mol. The number of ketones is 1. The van der Waals surface area contributed by atoms with E-state index in [9.17, 15) is 14.3 Å². The van der Waals surface area contributed by atoms with E-state index in [2.05, 4.69) is 29.2 Å². The molecule has 0 unspecified atom stereocenters. The Morgan fingerprint density at radius 3 is 2.22 bits per heavy atom. The first-order valence-electron chi connectivity index (χ1n) is 12.3. The quantitative estimate of drug-likeness (QED) is 0.121. The number of hydrogen-bond donors (Lipinski definition) is 1. The fraction of sp³-hybridized carbons (Fsp3) is 0.250. The van der Waals surface area contributed by atoms with Crippen molar-refractivity contribution in [2.45, 2.75) is 40.5 Å². The summed E-state index contributed by atoms with van der Waals surface area (Å²) in [5.74, 6) is 0.603. The summed E-state index contributed by atoms with van der Waals surface area (Å²) in [7, 11) is 0. The van der Waals surface area contributed by atoms with Crippen molar-refractivity contribution in [3.8, 4) is 22.4 Å². The largest absolute Gasteiger partial charge is 0.512 e. The number of aliphatic hydroxyl groups excluding tert-OH is 1.